The van der Waals surface area contributed by atoms with Gasteiger partial charge in [0.2, 0.25) is 0 Å². The van der Waals surface area contributed by atoms with Crippen molar-refractivity contribution >= 4 is 23.4 Å². The van der Waals surface area contributed by atoms with Gasteiger partial charge in [0.15, 0.2) is 5.78 Å². The standard InChI is InChI=1S/C13H13ClF2O3/c1-3-19-13(18)9-6-4-5-8(10(9)12(15)16)11(14)7(2)17/h4-6,11-12H,3H2,1-2H3. The molecule has 3 nitrogen and oxygen atoms in total. The maximum Gasteiger partial charge on any atom is 0.338 e. The molecular weight excluding hydrogens is 278 g/mol. The lowest BCUT2D eigenvalue weighted by atomic mass is 9.97. The number of Topliss-reactive ketones (excluding diaryl/α,β-unsaturated/α-hetero) is 1. The summed E-state index contributed by atoms with van der Waals surface area (Å²) in [5.41, 5.74) is -0.868. The van der Waals surface area contributed by atoms with Crippen molar-refractivity contribution < 1.29 is 23.1 Å². The van der Waals surface area contributed by atoms with Crippen LogP contribution >= 0.6 is 11.6 Å². The first kappa shape index (κ1) is 15.6. The van der Waals surface area contributed by atoms with E-state index in [4.69, 9.17) is 16.3 Å². The predicted octanol–water partition coefficient (Wildman–Crippen LogP) is 3.67. The van der Waals surface area contributed by atoms with Crippen LogP contribution in [-0.2, 0) is 9.53 Å². The first-order chi connectivity index (χ1) is 8.90. The van der Waals surface area contributed by atoms with E-state index < -0.39 is 29.1 Å². The largest absolute Gasteiger partial charge is 0.462 e. The number of esters is 1. The Bertz CT molecular complexity index is 489. The molecule has 0 bridgehead atoms. The zero-order valence-corrected chi connectivity index (χ0v) is 11.2. The summed E-state index contributed by atoms with van der Waals surface area (Å²) in [4.78, 5) is 22.9. The SMILES string of the molecule is CCOC(=O)c1cccc(C(Cl)C(C)=O)c1C(F)F. The summed E-state index contributed by atoms with van der Waals surface area (Å²) in [5.74, 6) is -1.32. The van der Waals surface area contributed by atoms with Crippen LogP contribution in [0.4, 0.5) is 8.78 Å². The van der Waals surface area contributed by atoms with E-state index in [0.717, 1.165) is 0 Å². The summed E-state index contributed by atoms with van der Waals surface area (Å²) < 4.78 is 31.0. The molecular formula is C13H13ClF2O3. The molecule has 0 radical (unpaired) electrons. The Labute approximate surface area is 114 Å². The molecule has 0 fully saturated rings. The van der Waals surface area contributed by atoms with Crippen molar-refractivity contribution in [3.63, 3.8) is 0 Å². The summed E-state index contributed by atoms with van der Waals surface area (Å²) in [5, 5.41) is -1.21. The Balaban J connectivity index is 3.37. The Kier molecular flexibility index (Phi) is 5.42. The third-order valence-electron chi connectivity index (χ3n) is 2.48. The second kappa shape index (κ2) is 6.61. The van der Waals surface area contributed by atoms with Gasteiger partial charge in [0.25, 0.3) is 6.43 Å². The molecule has 0 saturated heterocycles. The molecule has 1 aromatic rings. The van der Waals surface area contributed by atoms with Crippen molar-refractivity contribution in [3.8, 4) is 0 Å². The van der Waals surface area contributed by atoms with Gasteiger partial charge in [-0.15, -0.1) is 11.6 Å². The first-order valence-corrected chi connectivity index (χ1v) is 6.06. The van der Waals surface area contributed by atoms with E-state index in [1.807, 2.05) is 0 Å². The predicted molar refractivity (Wildman–Crippen MR) is 66.6 cm³/mol. The van der Waals surface area contributed by atoms with E-state index in [1.165, 1.54) is 25.1 Å². The molecule has 1 aromatic carbocycles. The summed E-state index contributed by atoms with van der Waals surface area (Å²) >= 11 is 5.81. The maximum atomic E-state index is 13.1. The van der Waals surface area contributed by atoms with Crippen molar-refractivity contribution in [1.29, 1.82) is 0 Å². The van der Waals surface area contributed by atoms with Crippen molar-refractivity contribution in [3.05, 3.63) is 34.9 Å². The molecule has 1 unspecified atom stereocenters. The molecule has 0 aliphatic heterocycles. The number of carbonyl (C=O) groups is 2. The van der Waals surface area contributed by atoms with Gasteiger partial charge in [0.1, 0.15) is 5.38 Å². The molecule has 0 aliphatic carbocycles. The number of ketones is 1. The number of rotatable bonds is 5. The molecule has 104 valence electrons. The highest BCUT2D eigenvalue weighted by Crippen LogP contribution is 2.34. The fourth-order valence-electron chi connectivity index (χ4n) is 1.65. The minimum absolute atomic E-state index is 0.0604. The molecule has 0 aliphatic rings. The van der Waals surface area contributed by atoms with E-state index >= 15 is 0 Å². The van der Waals surface area contributed by atoms with Gasteiger partial charge in [-0.3, -0.25) is 4.79 Å². The monoisotopic (exact) mass is 290 g/mol. The van der Waals surface area contributed by atoms with E-state index in [0.29, 0.717) is 0 Å². The minimum Gasteiger partial charge on any atom is -0.462 e. The number of ether oxygens (including phenoxy) is 1. The molecule has 1 rings (SSSR count). The van der Waals surface area contributed by atoms with Crippen LogP contribution in [0.2, 0.25) is 0 Å². The van der Waals surface area contributed by atoms with E-state index in [9.17, 15) is 18.4 Å². The number of halogens is 3. The van der Waals surface area contributed by atoms with Crippen LogP contribution in [-0.4, -0.2) is 18.4 Å². The molecule has 0 heterocycles. The smallest absolute Gasteiger partial charge is 0.338 e. The number of hydrogen-bond donors (Lipinski definition) is 0. The van der Waals surface area contributed by atoms with Crippen molar-refractivity contribution in [2.75, 3.05) is 6.61 Å². The quantitative estimate of drug-likeness (QED) is 0.614. The molecule has 0 N–H and O–H groups in total. The topological polar surface area (TPSA) is 43.4 Å². The van der Waals surface area contributed by atoms with Crippen LogP contribution in [0.5, 0.6) is 0 Å². The van der Waals surface area contributed by atoms with Gasteiger partial charge in [-0.25, -0.2) is 13.6 Å². The Hall–Kier alpha value is -1.49. The van der Waals surface area contributed by atoms with Crippen molar-refractivity contribution in [2.45, 2.75) is 25.7 Å². The zero-order chi connectivity index (χ0) is 14.6. The molecule has 1 atom stereocenters. The lowest BCUT2D eigenvalue weighted by molar-refractivity contribution is -0.116. The van der Waals surface area contributed by atoms with E-state index in [1.54, 1.807) is 6.92 Å². The van der Waals surface area contributed by atoms with Crippen molar-refractivity contribution in [2.24, 2.45) is 0 Å². The van der Waals surface area contributed by atoms with Crippen LogP contribution in [0, 0.1) is 0 Å². The van der Waals surface area contributed by atoms with Crippen LogP contribution in [0.25, 0.3) is 0 Å². The summed E-state index contributed by atoms with van der Waals surface area (Å²) in [6.45, 7) is 2.84. The molecule has 0 saturated carbocycles. The maximum absolute atomic E-state index is 13.1. The highest BCUT2D eigenvalue weighted by atomic mass is 35.5. The lowest BCUT2D eigenvalue weighted by Crippen LogP contribution is -2.13. The first-order valence-electron chi connectivity index (χ1n) is 5.62. The highest BCUT2D eigenvalue weighted by molar-refractivity contribution is 6.31. The lowest BCUT2D eigenvalue weighted by Gasteiger charge is -2.15. The number of alkyl halides is 3. The number of hydrogen-bond acceptors (Lipinski definition) is 3. The third kappa shape index (κ3) is 3.50. The highest BCUT2D eigenvalue weighted by Gasteiger charge is 2.27. The summed E-state index contributed by atoms with van der Waals surface area (Å²) in [6.07, 6.45) is -2.92. The van der Waals surface area contributed by atoms with Gasteiger partial charge in [-0.05, 0) is 25.5 Å². The number of benzene rings is 1. The molecule has 0 aromatic heterocycles. The minimum atomic E-state index is -2.92. The fraction of sp³-hybridized carbons (Fsp3) is 0.385. The Morgan fingerprint density at radius 3 is 2.47 bits per heavy atom. The molecule has 6 heteroatoms. The average molecular weight is 291 g/mol. The van der Waals surface area contributed by atoms with Crippen LogP contribution in [0.15, 0.2) is 18.2 Å². The van der Waals surface area contributed by atoms with Gasteiger partial charge in [-0.1, -0.05) is 12.1 Å². The number of carbonyl (C=O) groups excluding carboxylic acids is 2. The average Bonchev–Trinajstić information content (AvgIpc) is 2.36. The second-order valence-electron chi connectivity index (χ2n) is 3.80. The zero-order valence-electron chi connectivity index (χ0n) is 10.5. The van der Waals surface area contributed by atoms with Gasteiger partial charge in [0.05, 0.1) is 12.2 Å². The van der Waals surface area contributed by atoms with Gasteiger partial charge >= 0.3 is 5.97 Å². The molecule has 0 spiro atoms. The summed E-state index contributed by atoms with van der Waals surface area (Å²) in [7, 11) is 0. The van der Waals surface area contributed by atoms with Crippen LogP contribution in [0.1, 0.15) is 47.1 Å². The molecule has 0 amide bonds. The Morgan fingerprint density at radius 1 is 1.37 bits per heavy atom. The van der Waals surface area contributed by atoms with Crippen LogP contribution < -0.4 is 0 Å². The van der Waals surface area contributed by atoms with Gasteiger partial charge < -0.3 is 4.74 Å². The normalized spacial score (nSPS) is 12.3. The third-order valence-corrected chi connectivity index (χ3v) is 3.03. The van der Waals surface area contributed by atoms with E-state index in [-0.39, 0.29) is 17.7 Å². The van der Waals surface area contributed by atoms with Gasteiger partial charge in [-0.2, -0.15) is 0 Å². The Morgan fingerprint density at radius 2 is 2.00 bits per heavy atom. The second-order valence-corrected chi connectivity index (χ2v) is 4.24. The van der Waals surface area contributed by atoms with E-state index in [2.05, 4.69) is 0 Å². The molecule has 19 heavy (non-hydrogen) atoms. The van der Waals surface area contributed by atoms with Gasteiger partial charge in [0, 0.05) is 5.56 Å². The summed E-state index contributed by atoms with van der Waals surface area (Å²) in [6, 6.07) is 3.93. The van der Waals surface area contributed by atoms with Crippen LogP contribution in [0.3, 0.4) is 0 Å². The fourth-order valence-corrected chi connectivity index (χ4v) is 1.84. The van der Waals surface area contributed by atoms with Crippen molar-refractivity contribution in [1.82, 2.24) is 0 Å².